The molecule has 0 aliphatic rings. The molecule has 3 rings (SSSR count). The van der Waals surface area contributed by atoms with Crippen molar-refractivity contribution in [3.63, 3.8) is 0 Å². The van der Waals surface area contributed by atoms with Gasteiger partial charge in [-0.2, -0.15) is 0 Å². The van der Waals surface area contributed by atoms with Crippen molar-refractivity contribution in [1.82, 2.24) is 20.0 Å². The van der Waals surface area contributed by atoms with Crippen molar-refractivity contribution in [2.45, 2.75) is 19.4 Å². The summed E-state index contributed by atoms with van der Waals surface area (Å²) in [4.78, 5) is 15.9. The molecule has 0 unspecified atom stereocenters. The number of hydrogen-bond acceptors (Lipinski definition) is 4. The zero-order valence-electron chi connectivity index (χ0n) is 13.2. The number of carbonyl (C=O) groups excluding carboxylic acids is 1. The fraction of sp³-hybridized carbons (Fsp3) is 0.176. The van der Waals surface area contributed by atoms with Crippen molar-refractivity contribution in [3.05, 3.63) is 71.7 Å². The normalized spacial score (nSPS) is 10.6. The molecule has 0 aliphatic heterocycles. The molecule has 3 aromatic rings. The summed E-state index contributed by atoms with van der Waals surface area (Å²) in [7, 11) is 0. The lowest BCUT2D eigenvalue weighted by molar-refractivity contribution is -0.116. The maximum absolute atomic E-state index is 13.6. The number of aromatic nitrogens is 4. The quantitative estimate of drug-likeness (QED) is 0.747. The van der Waals surface area contributed by atoms with Gasteiger partial charge in [0.25, 0.3) is 0 Å². The Morgan fingerprint density at radius 3 is 2.56 bits per heavy atom. The molecule has 25 heavy (non-hydrogen) atoms. The van der Waals surface area contributed by atoms with E-state index in [-0.39, 0.29) is 30.3 Å². The van der Waals surface area contributed by atoms with Crippen LogP contribution in [0.5, 0.6) is 0 Å². The van der Waals surface area contributed by atoms with Crippen LogP contribution in [0.3, 0.4) is 0 Å². The van der Waals surface area contributed by atoms with Gasteiger partial charge in [-0.15, -0.1) is 5.10 Å². The molecule has 1 aromatic carbocycles. The fourth-order valence-corrected chi connectivity index (χ4v) is 2.29. The molecule has 0 fully saturated rings. The van der Waals surface area contributed by atoms with E-state index in [1.807, 2.05) is 12.1 Å². The average molecular weight is 343 g/mol. The van der Waals surface area contributed by atoms with Crippen LogP contribution in [-0.4, -0.2) is 25.9 Å². The molecule has 0 saturated carbocycles. The van der Waals surface area contributed by atoms with Crippen molar-refractivity contribution in [2.24, 2.45) is 0 Å². The molecule has 8 heteroatoms. The van der Waals surface area contributed by atoms with Gasteiger partial charge in [0.15, 0.2) is 5.82 Å². The molecule has 2 aromatic heterocycles. The molecule has 0 saturated heterocycles. The maximum Gasteiger partial charge on any atom is 0.225 e. The molecule has 0 atom stereocenters. The van der Waals surface area contributed by atoms with E-state index in [0.29, 0.717) is 6.42 Å². The summed E-state index contributed by atoms with van der Waals surface area (Å²) in [5.41, 5.74) is 0.895. The SMILES string of the molecule is O=C(CCc1ccncc1)Nc1cn(Cc2c(F)cccc2F)nn1. The molecule has 0 bridgehead atoms. The van der Waals surface area contributed by atoms with E-state index in [9.17, 15) is 13.6 Å². The Kier molecular flexibility index (Phi) is 5.08. The molecule has 1 amide bonds. The Balaban J connectivity index is 1.57. The van der Waals surface area contributed by atoms with Gasteiger partial charge in [0.05, 0.1) is 12.7 Å². The summed E-state index contributed by atoms with van der Waals surface area (Å²) in [6, 6.07) is 7.33. The number of benzene rings is 1. The van der Waals surface area contributed by atoms with Crippen LogP contribution in [0.25, 0.3) is 0 Å². The molecule has 0 radical (unpaired) electrons. The first-order chi connectivity index (χ1) is 12.1. The lowest BCUT2D eigenvalue weighted by Gasteiger charge is -2.04. The summed E-state index contributed by atoms with van der Waals surface area (Å²) in [6.45, 7) is -0.113. The molecule has 6 nitrogen and oxygen atoms in total. The van der Waals surface area contributed by atoms with Gasteiger partial charge in [-0.25, -0.2) is 13.5 Å². The second kappa shape index (κ2) is 7.61. The minimum atomic E-state index is -0.654. The molecule has 2 heterocycles. The number of rotatable bonds is 6. The Morgan fingerprint density at radius 1 is 1.12 bits per heavy atom. The molecule has 1 N–H and O–H groups in total. The molecule has 0 spiro atoms. The van der Waals surface area contributed by atoms with Crippen molar-refractivity contribution >= 4 is 11.7 Å². The third-order valence-electron chi connectivity index (χ3n) is 3.58. The minimum absolute atomic E-state index is 0.108. The van der Waals surface area contributed by atoms with Gasteiger partial charge in [-0.3, -0.25) is 9.78 Å². The highest BCUT2D eigenvalue weighted by atomic mass is 19.1. The van der Waals surface area contributed by atoms with Crippen LogP contribution < -0.4 is 5.32 Å². The van der Waals surface area contributed by atoms with Crippen LogP contribution in [0.4, 0.5) is 14.6 Å². The van der Waals surface area contributed by atoms with Crippen LogP contribution in [0.15, 0.2) is 48.9 Å². The van der Waals surface area contributed by atoms with E-state index in [0.717, 1.165) is 5.56 Å². The number of nitrogens with zero attached hydrogens (tertiary/aromatic N) is 4. The van der Waals surface area contributed by atoms with Crippen LogP contribution in [0.1, 0.15) is 17.5 Å². The van der Waals surface area contributed by atoms with Gasteiger partial charge in [-0.05, 0) is 36.2 Å². The van der Waals surface area contributed by atoms with Gasteiger partial charge < -0.3 is 5.32 Å². The van der Waals surface area contributed by atoms with Crippen molar-refractivity contribution < 1.29 is 13.6 Å². The number of nitrogens with one attached hydrogen (secondary N) is 1. The standard InChI is InChI=1S/C17H15F2N5O/c18-14-2-1-3-15(19)13(14)10-24-11-16(22-23-24)21-17(25)5-4-12-6-8-20-9-7-12/h1-3,6-9,11H,4-5,10H2,(H,21,25). The van der Waals surface area contributed by atoms with Gasteiger partial charge in [0.2, 0.25) is 5.91 Å². The van der Waals surface area contributed by atoms with Crippen LogP contribution >= 0.6 is 0 Å². The first-order valence-electron chi connectivity index (χ1n) is 7.63. The van der Waals surface area contributed by atoms with Crippen molar-refractivity contribution in [3.8, 4) is 0 Å². The van der Waals surface area contributed by atoms with Crippen LogP contribution in [0, 0.1) is 11.6 Å². The number of amides is 1. The largest absolute Gasteiger partial charge is 0.308 e. The number of aryl methyl sites for hydroxylation is 1. The molecular weight excluding hydrogens is 328 g/mol. The third kappa shape index (κ3) is 4.43. The third-order valence-corrected chi connectivity index (χ3v) is 3.58. The van der Waals surface area contributed by atoms with Crippen LogP contribution in [-0.2, 0) is 17.8 Å². The summed E-state index contributed by atoms with van der Waals surface area (Å²) < 4.78 is 28.5. The molecule has 0 aliphatic carbocycles. The predicted molar refractivity (Wildman–Crippen MR) is 86.7 cm³/mol. The monoisotopic (exact) mass is 343 g/mol. The van der Waals surface area contributed by atoms with Gasteiger partial charge >= 0.3 is 0 Å². The van der Waals surface area contributed by atoms with E-state index >= 15 is 0 Å². The van der Waals surface area contributed by atoms with Gasteiger partial charge in [0.1, 0.15) is 11.6 Å². The second-order valence-corrected chi connectivity index (χ2v) is 5.41. The number of carbonyl (C=O) groups is 1. The Bertz CT molecular complexity index is 846. The highest BCUT2D eigenvalue weighted by molar-refractivity contribution is 5.89. The highest BCUT2D eigenvalue weighted by Gasteiger charge is 2.11. The molecular formula is C17H15F2N5O. The first-order valence-corrected chi connectivity index (χ1v) is 7.63. The number of pyridine rings is 1. The van der Waals surface area contributed by atoms with E-state index in [2.05, 4.69) is 20.6 Å². The van der Waals surface area contributed by atoms with Gasteiger partial charge in [0, 0.05) is 24.4 Å². The zero-order valence-corrected chi connectivity index (χ0v) is 13.2. The van der Waals surface area contributed by atoms with Crippen molar-refractivity contribution in [1.29, 1.82) is 0 Å². The summed E-state index contributed by atoms with van der Waals surface area (Å²) in [6.07, 6.45) is 5.61. The first kappa shape index (κ1) is 16.7. The van der Waals surface area contributed by atoms with Crippen molar-refractivity contribution in [2.75, 3.05) is 5.32 Å². The molecule has 128 valence electrons. The number of anilines is 1. The average Bonchev–Trinajstić information content (AvgIpc) is 3.04. The van der Waals surface area contributed by atoms with Gasteiger partial charge in [-0.1, -0.05) is 11.3 Å². The van der Waals surface area contributed by atoms with E-state index in [1.54, 1.807) is 12.4 Å². The summed E-state index contributed by atoms with van der Waals surface area (Å²) in [5, 5.41) is 10.2. The zero-order chi connectivity index (χ0) is 17.6. The smallest absolute Gasteiger partial charge is 0.225 e. The van der Waals surface area contributed by atoms with E-state index in [4.69, 9.17) is 0 Å². The number of halogens is 2. The highest BCUT2D eigenvalue weighted by Crippen LogP contribution is 2.14. The van der Waals surface area contributed by atoms with Crippen LogP contribution in [0.2, 0.25) is 0 Å². The summed E-state index contributed by atoms with van der Waals surface area (Å²) >= 11 is 0. The van der Waals surface area contributed by atoms with E-state index in [1.165, 1.54) is 29.1 Å². The minimum Gasteiger partial charge on any atom is -0.308 e. The predicted octanol–water partition coefficient (Wildman–Crippen LogP) is 2.57. The fourth-order valence-electron chi connectivity index (χ4n) is 2.29. The summed E-state index contributed by atoms with van der Waals surface area (Å²) in [5.74, 6) is -1.30. The lowest BCUT2D eigenvalue weighted by atomic mass is 10.1. The second-order valence-electron chi connectivity index (χ2n) is 5.41. The Labute approximate surface area is 142 Å². The Hall–Kier alpha value is -3.16. The topological polar surface area (TPSA) is 72.7 Å². The maximum atomic E-state index is 13.6. The Morgan fingerprint density at radius 2 is 1.84 bits per heavy atom. The number of hydrogen-bond donors (Lipinski definition) is 1. The van der Waals surface area contributed by atoms with E-state index < -0.39 is 11.6 Å². The lowest BCUT2D eigenvalue weighted by Crippen LogP contribution is -2.12.